The van der Waals surface area contributed by atoms with Crippen molar-refractivity contribution in [1.29, 1.82) is 0 Å². The number of hydrogen-bond acceptors (Lipinski definition) is 5. The summed E-state index contributed by atoms with van der Waals surface area (Å²) in [5.74, 6) is 0.434. The van der Waals surface area contributed by atoms with Gasteiger partial charge in [-0.05, 0) is 59.6 Å². The zero-order chi connectivity index (χ0) is 21.5. The third-order valence-corrected chi connectivity index (χ3v) is 5.16. The van der Waals surface area contributed by atoms with E-state index < -0.39 is 5.92 Å². The number of halogens is 1. The molecule has 3 rings (SSSR count). The second-order valence-corrected chi connectivity index (χ2v) is 7.53. The van der Waals surface area contributed by atoms with E-state index in [1.165, 1.54) is 6.21 Å². The van der Waals surface area contributed by atoms with Crippen LogP contribution in [0.3, 0.4) is 0 Å². The molecule has 0 radical (unpaired) electrons. The summed E-state index contributed by atoms with van der Waals surface area (Å²) in [6.07, 6.45) is 1.70. The summed E-state index contributed by atoms with van der Waals surface area (Å²) in [6.45, 7) is 5.15. The minimum atomic E-state index is -0.444. The van der Waals surface area contributed by atoms with Crippen molar-refractivity contribution in [3.05, 3.63) is 52.5 Å². The molecule has 1 heterocycles. The summed E-state index contributed by atoms with van der Waals surface area (Å²) in [5, 5.41) is 4.06. The molecule has 0 unspecified atom stereocenters. The van der Waals surface area contributed by atoms with Crippen molar-refractivity contribution in [1.82, 2.24) is 5.43 Å². The van der Waals surface area contributed by atoms with Crippen molar-refractivity contribution < 1.29 is 19.1 Å². The number of nitrogens with one attached hydrogen (secondary N) is 1. The van der Waals surface area contributed by atoms with Crippen LogP contribution < -0.4 is 19.8 Å². The van der Waals surface area contributed by atoms with E-state index in [1.54, 1.807) is 11.0 Å². The minimum absolute atomic E-state index is 0.0675. The second kappa shape index (κ2) is 10.2. The van der Waals surface area contributed by atoms with Gasteiger partial charge in [0.25, 0.3) is 0 Å². The van der Waals surface area contributed by atoms with Gasteiger partial charge in [-0.25, -0.2) is 5.43 Å². The SMILES string of the molecule is CCOc1cc(/C=N\NC(=O)[C@H]2CC(=O)N(c3ccccc3)C2)cc(Br)c1OCC. The molecular weight excluding hydrogens is 450 g/mol. The van der Waals surface area contributed by atoms with Crippen LogP contribution in [0.4, 0.5) is 5.69 Å². The van der Waals surface area contributed by atoms with Crippen LogP contribution >= 0.6 is 15.9 Å². The number of benzene rings is 2. The van der Waals surface area contributed by atoms with Crippen molar-refractivity contribution in [2.75, 3.05) is 24.7 Å². The topological polar surface area (TPSA) is 80.2 Å². The highest BCUT2D eigenvalue weighted by molar-refractivity contribution is 9.10. The van der Waals surface area contributed by atoms with Gasteiger partial charge in [0.1, 0.15) is 0 Å². The Hall–Kier alpha value is -2.87. The van der Waals surface area contributed by atoms with E-state index >= 15 is 0 Å². The van der Waals surface area contributed by atoms with Gasteiger partial charge >= 0.3 is 0 Å². The van der Waals surface area contributed by atoms with Crippen molar-refractivity contribution in [2.24, 2.45) is 11.0 Å². The fraction of sp³-hybridized carbons (Fsp3) is 0.318. The molecule has 30 heavy (non-hydrogen) atoms. The molecule has 1 aliphatic heterocycles. The maximum Gasteiger partial charge on any atom is 0.245 e. The van der Waals surface area contributed by atoms with Crippen molar-refractivity contribution in [3.8, 4) is 11.5 Å². The third kappa shape index (κ3) is 5.18. The molecule has 0 saturated carbocycles. The molecule has 1 atom stereocenters. The Balaban J connectivity index is 1.64. The smallest absolute Gasteiger partial charge is 0.245 e. The van der Waals surface area contributed by atoms with E-state index in [9.17, 15) is 9.59 Å². The van der Waals surface area contributed by atoms with Crippen LogP contribution in [0.25, 0.3) is 0 Å². The van der Waals surface area contributed by atoms with E-state index in [0.29, 0.717) is 31.3 Å². The van der Waals surface area contributed by atoms with Crippen molar-refractivity contribution >= 4 is 39.6 Å². The molecule has 1 saturated heterocycles. The molecule has 158 valence electrons. The minimum Gasteiger partial charge on any atom is -0.490 e. The van der Waals surface area contributed by atoms with Crippen LogP contribution in [0, 0.1) is 5.92 Å². The molecule has 7 nitrogen and oxygen atoms in total. The lowest BCUT2D eigenvalue weighted by molar-refractivity contribution is -0.126. The number of hydrazone groups is 1. The first kappa shape index (κ1) is 21.8. The Bertz CT molecular complexity index is 933. The highest BCUT2D eigenvalue weighted by Gasteiger charge is 2.35. The summed E-state index contributed by atoms with van der Waals surface area (Å²) in [7, 11) is 0. The monoisotopic (exact) mass is 473 g/mol. The number of carbonyl (C=O) groups excluding carboxylic acids is 2. The fourth-order valence-electron chi connectivity index (χ4n) is 3.21. The molecule has 0 aliphatic carbocycles. The van der Waals surface area contributed by atoms with Crippen molar-refractivity contribution in [2.45, 2.75) is 20.3 Å². The van der Waals surface area contributed by atoms with Gasteiger partial charge in [0.2, 0.25) is 11.8 Å². The number of amides is 2. The molecule has 2 aromatic carbocycles. The van der Waals surface area contributed by atoms with Gasteiger partial charge in [-0.1, -0.05) is 18.2 Å². The third-order valence-electron chi connectivity index (χ3n) is 4.57. The molecule has 0 aromatic heterocycles. The summed E-state index contributed by atoms with van der Waals surface area (Å²) >= 11 is 3.48. The lowest BCUT2D eigenvalue weighted by Gasteiger charge is -2.16. The first-order valence-corrected chi connectivity index (χ1v) is 10.6. The number of nitrogens with zero attached hydrogens (tertiary/aromatic N) is 2. The van der Waals surface area contributed by atoms with Gasteiger partial charge in [-0.15, -0.1) is 0 Å². The maximum atomic E-state index is 12.5. The van der Waals surface area contributed by atoms with E-state index in [0.717, 1.165) is 15.7 Å². The van der Waals surface area contributed by atoms with E-state index in [2.05, 4.69) is 26.5 Å². The van der Waals surface area contributed by atoms with Crippen LogP contribution in [0.15, 0.2) is 52.0 Å². The lowest BCUT2D eigenvalue weighted by Crippen LogP contribution is -2.30. The van der Waals surface area contributed by atoms with Crippen LogP contribution in [0.1, 0.15) is 25.8 Å². The largest absolute Gasteiger partial charge is 0.490 e. The number of hydrogen-bond donors (Lipinski definition) is 1. The van der Waals surface area contributed by atoms with Gasteiger partial charge in [0.15, 0.2) is 11.5 Å². The maximum absolute atomic E-state index is 12.5. The van der Waals surface area contributed by atoms with E-state index in [4.69, 9.17) is 9.47 Å². The van der Waals surface area contributed by atoms with E-state index in [1.807, 2.05) is 50.2 Å². The summed E-state index contributed by atoms with van der Waals surface area (Å²) < 4.78 is 12.0. The highest BCUT2D eigenvalue weighted by atomic mass is 79.9. The summed E-state index contributed by atoms with van der Waals surface area (Å²) in [4.78, 5) is 26.4. The van der Waals surface area contributed by atoms with Crippen LogP contribution in [0.2, 0.25) is 0 Å². The predicted octanol–water partition coefficient (Wildman–Crippen LogP) is 3.75. The van der Waals surface area contributed by atoms with Gasteiger partial charge in [-0.2, -0.15) is 5.10 Å². The zero-order valence-electron chi connectivity index (χ0n) is 16.9. The average Bonchev–Trinajstić information content (AvgIpc) is 3.13. The molecule has 0 bridgehead atoms. The summed E-state index contributed by atoms with van der Waals surface area (Å²) in [6, 6.07) is 13.0. The molecule has 1 aliphatic rings. The molecule has 2 aromatic rings. The highest BCUT2D eigenvalue weighted by Crippen LogP contribution is 2.36. The summed E-state index contributed by atoms with van der Waals surface area (Å²) in [5.41, 5.74) is 4.07. The Morgan fingerprint density at radius 3 is 2.67 bits per heavy atom. The number of rotatable bonds is 8. The molecule has 8 heteroatoms. The second-order valence-electron chi connectivity index (χ2n) is 6.67. The van der Waals surface area contributed by atoms with Gasteiger partial charge in [0, 0.05) is 18.7 Å². The fourth-order valence-corrected chi connectivity index (χ4v) is 3.79. The Labute approximate surface area is 184 Å². The molecule has 2 amide bonds. The normalized spacial score (nSPS) is 16.2. The standard InChI is InChI=1S/C22H24BrN3O4/c1-3-29-19-11-15(10-18(23)21(19)30-4-2)13-24-25-22(28)16-12-20(27)26(14-16)17-8-6-5-7-9-17/h5-11,13,16H,3-4,12,14H2,1-2H3,(H,25,28)/b24-13-/t16-/m0/s1. The van der Waals surface area contributed by atoms with Crippen molar-refractivity contribution in [3.63, 3.8) is 0 Å². The number of para-hydroxylation sites is 1. The quantitative estimate of drug-likeness (QED) is 0.467. The first-order valence-electron chi connectivity index (χ1n) is 9.81. The Morgan fingerprint density at radius 1 is 1.23 bits per heavy atom. The predicted molar refractivity (Wildman–Crippen MR) is 119 cm³/mol. The van der Waals surface area contributed by atoms with Crippen LogP contribution in [-0.4, -0.2) is 37.8 Å². The molecule has 1 fully saturated rings. The first-order chi connectivity index (χ1) is 14.5. The average molecular weight is 474 g/mol. The van der Waals surface area contributed by atoms with Gasteiger partial charge in [-0.3, -0.25) is 9.59 Å². The van der Waals surface area contributed by atoms with E-state index in [-0.39, 0.29) is 18.2 Å². The van der Waals surface area contributed by atoms with Gasteiger partial charge < -0.3 is 14.4 Å². The van der Waals surface area contributed by atoms with Crippen LogP contribution in [-0.2, 0) is 9.59 Å². The number of anilines is 1. The zero-order valence-corrected chi connectivity index (χ0v) is 18.5. The molecule has 0 spiro atoms. The Morgan fingerprint density at radius 2 is 1.97 bits per heavy atom. The molecule has 1 N–H and O–H groups in total. The van der Waals surface area contributed by atoms with Gasteiger partial charge in [0.05, 0.1) is 29.8 Å². The molecular formula is C22H24BrN3O4. The van der Waals surface area contributed by atoms with Crippen LogP contribution in [0.5, 0.6) is 11.5 Å². The Kier molecular flexibility index (Phi) is 7.46. The lowest BCUT2D eigenvalue weighted by atomic mass is 10.1. The number of carbonyl (C=O) groups is 2. The number of ether oxygens (including phenoxy) is 2.